The van der Waals surface area contributed by atoms with Gasteiger partial charge < -0.3 is 33.6 Å². The quantitative estimate of drug-likeness (QED) is 0.146. The number of fused-ring (bicyclic) bond motifs is 1. The summed E-state index contributed by atoms with van der Waals surface area (Å²) in [6.45, 7) is 10.5. The van der Waals surface area contributed by atoms with Crippen LogP contribution >= 0.6 is 0 Å². The summed E-state index contributed by atoms with van der Waals surface area (Å²) < 4.78 is 13.7. The third kappa shape index (κ3) is 8.17. The molecule has 0 saturated carbocycles. The molecule has 0 bridgehead atoms. The predicted molar refractivity (Wildman–Crippen MR) is 240 cm³/mol. The lowest BCUT2D eigenvalue weighted by Crippen LogP contribution is -2.60. The first-order valence-electron chi connectivity index (χ1n) is 22.1. The Labute approximate surface area is 363 Å². The van der Waals surface area contributed by atoms with Crippen LogP contribution in [-0.4, -0.2) is 123 Å². The van der Waals surface area contributed by atoms with E-state index in [0.29, 0.717) is 34.5 Å². The van der Waals surface area contributed by atoms with Crippen LogP contribution in [0.2, 0.25) is 0 Å². The summed E-state index contributed by atoms with van der Waals surface area (Å²) in [6, 6.07) is 12.3. The maximum atomic E-state index is 13.1. The van der Waals surface area contributed by atoms with E-state index in [-0.39, 0.29) is 17.9 Å². The molecule has 4 aromatic rings. The van der Waals surface area contributed by atoms with Crippen molar-refractivity contribution in [2.75, 3.05) is 90.0 Å². The summed E-state index contributed by atoms with van der Waals surface area (Å²) in [5.41, 5.74) is 6.16. The highest BCUT2D eigenvalue weighted by atomic mass is 16.5. The number of pyridine rings is 2. The van der Waals surface area contributed by atoms with Crippen molar-refractivity contribution in [2.45, 2.75) is 51.6 Å². The fraction of sp³-hybridized carbons (Fsp3) is 0.479. The van der Waals surface area contributed by atoms with Crippen LogP contribution in [0.25, 0.3) is 21.9 Å². The van der Waals surface area contributed by atoms with Gasteiger partial charge in [-0.25, -0.2) is 4.98 Å². The van der Waals surface area contributed by atoms with Crippen LogP contribution in [0.4, 0.5) is 11.5 Å². The predicted octanol–water partition coefficient (Wildman–Crippen LogP) is 4.82. The number of imide groups is 1. The number of carbonyl (C=O) groups is 3. The summed E-state index contributed by atoms with van der Waals surface area (Å²) in [6.07, 6.45) is 12.2. The Bertz CT molecular complexity index is 2450. The van der Waals surface area contributed by atoms with Gasteiger partial charge in [0.25, 0.3) is 11.5 Å². The number of hydrogen-bond donors (Lipinski definition) is 1. The number of anilines is 2. The highest BCUT2D eigenvalue weighted by Crippen LogP contribution is 2.44. The average Bonchev–Trinajstić information content (AvgIpc) is 3.24. The monoisotopic (exact) mass is 842 g/mol. The molecule has 5 aliphatic heterocycles. The van der Waals surface area contributed by atoms with Gasteiger partial charge in [-0.1, -0.05) is 6.07 Å². The maximum absolute atomic E-state index is 13.1. The van der Waals surface area contributed by atoms with E-state index in [1.807, 2.05) is 24.4 Å². The summed E-state index contributed by atoms with van der Waals surface area (Å²) in [5, 5.41) is 3.84. The van der Waals surface area contributed by atoms with Gasteiger partial charge in [-0.2, -0.15) is 0 Å². The zero-order valence-electron chi connectivity index (χ0n) is 36.5. The van der Waals surface area contributed by atoms with Crippen molar-refractivity contribution in [2.24, 2.45) is 18.4 Å². The molecule has 4 saturated heterocycles. The number of likely N-dealkylation sites (tertiary alicyclic amines) is 2. The van der Waals surface area contributed by atoms with Crippen LogP contribution in [0.3, 0.4) is 0 Å². The molecule has 2 aromatic carbocycles. The number of carbonyl (C=O) groups excluding carboxylic acids is 3. The number of aryl methyl sites for hydroxylation is 1. The molecule has 2 aromatic heterocycles. The third-order valence-electron chi connectivity index (χ3n) is 14.1. The summed E-state index contributed by atoms with van der Waals surface area (Å²) in [5.74, 6) is 2.43. The van der Waals surface area contributed by atoms with Gasteiger partial charge >= 0.3 is 0 Å². The molecular formula is C48H58N8O6. The molecule has 0 unspecified atom stereocenters. The highest BCUT2D eigenvalue weighted by Gasteiger charge is 2.45. The van der Waals surface area contributed by atoms with Crippen LogP contribution in [0.15, 0.2) is 65.4 Å². The van der Waals surface area contributed by atoms with Crippen molar-refractivity contribution >= 4 is 40.4 Å². The van der Waals surface area contributed by atoms with Gasteiger partial charge in [-0.15, -0.1) is 0 Å². The van der Waals surface area contributed by atoms with Crippen molar-refractivity contribution < 1.29 is 23.9 Å². The van der Waals surface area contributed by atoms with E-state index in [1.165, 1.54) is 12.8 Å². The molecule has 0 atom stereocenters. The minimum absolute atomic E-state index is 0.0651. The molecule has 2 amide bonds. The number of aromatic nitrogens is 2. The largest absolute Gasteiger partial charge is 0.496 e. The molecule has 7 heterocycles. The number of nitrogens with zero attached hydrogens (tertiary/aromatic N) is 7. The van der Waals surface area contributed by atoms with E-state index < -0.39 is 5.91 Å². The molecule has 62 heavy (non-hydrogen) atoms. The molecule has 0 radical (unpaired) electrons. The van der Waals surface area contributed by atoms with E-state index in [4.69, 9.17) is 9.47 Å². The molecule has 14 heteroatoms. The number of hydrogen-bond acceptors (Lipinski definition) is 12. The van der Waals surface area contributed by atoms with Gasteiger partial charge in [0.2, 0.25) is 5.91 Å². The number of ether oxygens (including phenoxy) is 2. The Hall–Kier alpha value is -5.73. The zero-order chi connectivity index (χ0) is 43.1. The minimum atomic E-state index is -0.406. The number of aldehydes is 1. The van der Waals surface area contributed by atoms with Crippen LogP contribution < -0.4 is 30.1 Å². The second-order valence-electron chi connectivity index (χ2n) is 18.2. The van der Waals surface area contributed by atoms with Gasteiger partial charge in [0.05, 0.1) is 30.9 Å². The Kier molecular flexibility index (Phi) is 11.5. The summed E-state index contributed by atoms with van der Waals surface area (Å²) in [4.78, 5) is 65.4. The molecule has 9 rings (SSSR count). The number of amides is 2. The van der Waals surface area contributed by atoms with E-state index >= 15 is 0 Å². The molecule has 326 valence electrons. The summed E-state index contributed by atoms with van der Waals surface area (Å²) >= 11 is 0. The Morgan fingerprint density at radius 1 is 0.903 bits per heavy atom. The first-order valence-corrected chi connectivity index (χ1v) is 22.1. The zero-order valence-corrected chi connectivity index (χ0v) is 36.5. The number of piperidine rings is 2. The van der Waals surface area contributed by atoms with E-state index in [2.05, 4.69) is 48.1 Å². The second-order valence-corrected chi connectivity index (χ2v) is 18.2. The molecular weight excluding hydrogens is 785 g/mol. The second kappa shape index (κ2) is 17.2. The Morgan fingerprint density at radius 3 is 2.27 bits per heavy atom. The number of benzene rings is 2. The van der Waals surface area contributed by atoms with Crippen molar-refractivity contribution in [3.05, 3.63) is 87.6 Å². The van der Waals surface area contributed by atoms with Gasteiger partial charge in [0, 0.05) is 106 Å². The lowest BCUT2D eigenvalue weighted by Gasteiger charge is -2.55. The van der Waals surface area contributed by atoms with Crippen LogP contribution in [0.5, 0.6) is 11.5 Å². The van der Waals surface area contributed by atoms with Gasteiger partial charge in [-0.05, 0) is 112 Å². The first kappa shape index (κ1) is 41.6. The molecule has 5 aliphatic rings. The number of methoxy groups -OCH3 is 2. The summed E-state index contributed by atoms with van der Waals surface area (Å²) in [7, 11) is 7.03. The topological polar surface area (TPSA) is 133 Å². The van der Waals surface area contributed by atoms with E-state index in [0.717, 1.165) is 142 Å². The third-order valence-corrected chi connectivity index (χ3v) is 14.1. The minimum Gasteiger partial charge on any atom is -0.496 e. The smallest absolute Gasteiger partial charge is 0.273 e. The number of nitrogens with one attached hydrogen (secondary N) is 1. The normalized spacial score (nSPS) is 19.5. The van der Waals surface area contributed by atoms with Gasteiger partial charge in [0.15, 0.2) is 0 Å². The number of rotatable bonds is 13. The molecule has 1 N–H and O–H groups in total. The van der Waals surface area contributed by atoms with E-state index in [9.17, 15) is 19.2 Å². The van der Waals surface area contributed by atoms with Gasteiger partial charge in [0.1, 0.15) is 23.6 Å². The fourth-order valence-electron chi connectivity index (χ4n) is 10.2. The molecule has 14 nitrogen and oxygen atoms in total. The number of likely N-dealkylation sites (N-methyl/N-ethyl adjacent to an activating group) is 1. The van der Waals surface area contributed by atoms with Crippen molar-refractivity contribution in [3.8, 4) is 22.6 Å². The standard InChI is InChI=1S/C48H58N8O6/c1-51(41-8-9-45(58)50-46(41)59)26-33-6-7-36(20-35(33)29-57)56-30-48(31-56)12-18-54(19-13-48)25-32-10-16-53(17-11-32)28-40-42(61-3)21-34(22-43(40)62-4)39-27-52(2)47(60)38-24-49-44(23-37(38)39)55-14-5-15-55/h6-8,20-24,27,29,32H,5,9-19,25-26,28,30-31H2,1-4H3,(H,50,58,59). The van der Waals surface area contributed by atoms with Crippen LogP contribution in [0.1, 0.15) is 60.0 Å². The Morgan fingerprint density at radius 2 is 1.63 bits per heavy atom. The average molecular weight is 843 g/mol. The van der Waals surface area contributed by atoms with E-state index in [1.54, 1.807) is 50.1 Å². The fourth-order valence-corrected chi connectivity index (χ4v) is 10.2. The first-order chi connectivity index (χ1) is 30.0. The lowest BCUT2D eigenvalue weighted by molar-refractivity contribution is -0.129. The highest BCUT2D eigenvalue weighted by molar-refractivity contribution is 6.07. The SMILES string of the molecule is COc1cc(-c2cn(C)c(=O)c3cnc(N4CCC4)cc23)cc(OC)c1CN1CCC(CN2CCC3(CC2)CN(c2ccc(CN(C)C4=CCC(=O)NC4=O)c(C=O)c2)C3)CC1. The van der Waals surface area contributed by atoms with Crippen LogP contribution in [-0.2, 0) is 29.7 Å². The maximum Gasteiger partial charge on any atom is 0.273 e. The lowest BCUT2D eigenvalue weighted by atomic mass is 9.71. The van der Waals surface area contributed by atoms with Crippen molar-refractivity contribution in [1.29, 1.82) is 0 Å². The molecule has 1 spiro atoms. The van der Waals surface area contributed by atoms with Crippen LogP contribution in [0, 0.1) is 11.3 Å². The van der Waals surface area contributed by atoms with Crippen molar-refractivity contribution in [1.82, 2.24) is 29.6 Å². The molecule has 4 fully saturated rings. The van der Waals surface area contributed by atoms with Crippen molar-refractivity contribution in [3.63, 3.8) is 0 Å². The Balaban J connectivity index is 0.774. The van der Waals surface area contributed by atoms with Gasteiger partial charge in [-0.3, -0.25) is 29.4 Å². The molecule has 0 aliphatic carbocycles.